The highest BCUT2D eigenvalue weighted by Crippen LogP contribution is 2.37. The number of nitrogens with zero attached hydrogens (tertiary/aromatic N) is 2. The molecule has 4 heteroatoms. The first-order valence-electron chi connectivity index (χ1n) is 14.5. The molecule has 1 aliphatic heterocycles. The van der Waals surface area contributed by atoms with Gasteiger partial charge in [-0.25, -0.2) is 0 Å². The van der Waals surface area contributed by atoms with E-state index in [4.69, 9.17) is 0 Å². The minimum Gasteiger partial charge on any atom is -0.507 e. The third-order valence-electron chi connectivity index (χ3n) is 8.51. The van der Waals surface area contributed by atoms with Crippen LogP contribution in [0.15, 0.2) is 84.9 Å². The zero-order valence-electron chi connectivity index (χ0n) is 24.3. The third-order valence-corrected chi connectivity index (χ3v) is 8.51. The Morgan fingerprint density at radius 3 is 1.27 bits per heavy atom. The van der Waals surface area contributed by atoms with Crippen molar-refractivity contribution in [2.75, 3.05) is 26.2 Å². The van der Waals surface area contributed by atoms with Crippen molar-refractivity contribution in [3.05, 3.63) is 129 Å². The minimum absolute atomic E-state index is 0.133. The topological polar surface area (TPSA) is 46.9 Å². The van der Waals surface area contributed by atoms with Gasteiger partial charge in [-0.2, -0.15) is 0 Å². The van der Waals surface area contributed by atoms with Gasteiger partial charge < -0.3 is 10.2 Å². The van der Waals surface area contributed by atoms with Gasteiger partial charge in [0.15, 0.2) is 0 Å². The molecule has 4 nitrogen and oxygen atoms in total. The smallest absolute Gasteiger partial charge is 0.123 e. The van der Waals surface area contributed by atoms with E-state index < -0.39 is 0 Å². The van der Waals surface area contributed by atoms with Gasteiger partial charge >= 0.3 is 0 Å². The van der Waals surface area contributed by atoms with Crippen LogP contribution in [-0.4, -0.2) is 46.2 Å². The second-order valence-corrected chi connectivity index (χ2v) is 11.5. The molecule has 1 heterocycles. The molecule has 1 fully saturated rings. The first-order valence-corrected chi connectivity index (χ1v) is 14.5. The molecule has 0 saturated carbocycles. The van der Waals surface area contributed by atoms with Crippen LogP contribution in [-0.2, 0) is 13.1 Å². The Kier molecular flexibility index (Phi) is 8.58. The van der Waals surface area contributed by atoms with Crippen LogP contribution in [0.4, 0.5) is 0 Å². The molecule has 2 N–H and O–H groups in total. The zero-order chi connectivity index (χ0) is 28.2. The molecule has 5 rings (SSSR count). The van der Waals surface area contributed by atoms with E-state index in [2.05, 4.69) is 110 Å². The third kappa shape index (κ3) is 6.24. The Bertz CT molecular complexity index is 1320. The van der Waals surface area contributed by atoms with E-state index in [1.54, 1.807) is 0 Å². The van der Waals surface area contributed by atoms with Crippen molar-refractivity contribution < 1.29 is 10.2 Å². The van der Waals surface area contributed by atoms with E-state index in [-0.39, 0.29) is 11.8 Å². The molecule has 0 aromatic heterocycles. The maximum atomic E-state index is 11.3. The number of phenols is 2. The lowest BCUT2D eigenvalue weighted by Gasteiger charge is -2.35. The fourth-order valence-electron chi connectivity index (χ4n) is 6.10. The molecule has 1 aliphatic rings. The van der Waals surface area contributed by atoms with Crippen molar-refractivity contribution in [1.29, 1.82) is 0 Å². The lowest BCUT2D eigenvalue weighted by atomic mass is 9.89. The van der Waals surface area contributed by atoms with Crippen LogP contribution in [0.25, 0.3) is 0 Å². The Labute approximate surface area is 239 Å². The van der Waals surface area contributed by atoms with Gasteiger partial charge in [0, 0.05) is 73.4 Å². The number of benzene rings is 4. The van der Waals surface area contributed by atoms with Crippen molar-refractivity contribution in [3.63, 3.8) is 0 Å². The summed E-state index contributed by atoms with van der Waals surface area (Å²) in [4.78, 5) is 4.86. The van der Waals surface area contributed by atoms with E-state index in [1.807, 2.05) is 12.1 Å². The number of rotatable bonds is 8. The van der Waals surface area contributed by atoms with Crippen molar-refractivity contribution >= 4 is 0 Å². The summed E-state index contributed by atoms with van der Waals surface area (Å²) in [5.74, 6) is 1.12. The normalized spacial score (nSPS) is 16.1. The van der Waals surface area contributed by atoms with E-state index in [9.17, 15) is 10.2 Å². The summed E-state index contributed by atoms with van der Waals surface area (Å²) in [6, 6.07) is 29.3. The Morgan fingerprint density at radius 2 is 0.925 bits per heavy atom. The summed E-state index contributed by atoms with van der Waals surface area (Å²) >= 11 is 0. The average molecular weight is 535 g/mol. The highest BCUT2D eigenvalue weighted by atomic mass is 16.3. The zero-order valence-corrected chi connectivity index (χ0v) is 24.3. The van der Waals surface area contributed by atoms with Gasteiger partial charge in [-0.05, 0) is 25.0 Å². The highest BCUT2D eigenvalue weighted by Gasteiger charge is 2.23. The van der Waals surface area contributed by atoms with Gasteiger partial charge in [-0.3, -0.25) is 9.80 Å². The summed E-state index contributed by atoms with van der Waals surface area (Å²) in [7, 11) is 0. The first-order chi connectivity index (χ1) is 19.3. The molecule has 4 aromatic carbocycles. The van der Waals surface area contributed by atoms with Gasteiger partial charge in [-0.1, -0.05) is 110 Å². The molecule has 0 amide bonds. The summed E-state index contributed by atoms with van der Waals surface area (Å²) < 4.78 is 0. The monoisotopic (exact) mass is 534 g/mol. The lowest BCUT2D eigenvalue weighted by Crippen LogP contribution is -2.45. The fourth-order valence-corrected chi connectivity index (χ4v) is 6.10. The van der Waals surface area contributed by atoms with Crippen LogP contribution in [0.1, 0.15) is 70.2 Å². The van der Waals surface area contributed by atoms with Crippen molar-refractivity contribution in [2.45, 2.75) is 52.6 Å². The van der Waals surface area contributed by atoms with Gasteiger partial charge in [0.1, 0.15) is 11.5 Å². The average Bonchev–Trinajstić information content (AvgIpc) is 2.97. The molecule has 208 valence electrons. The van der Waals surface area contributed by atoms with Crippen LogP contribution in [0.2, 0.25) is 0 Å². The largest absolute Gasteiger partial charge is 0.507 e. The second kappa shape index (κ2) is 12.3. The predicted molar refractivity (Wildman–Crippen MR) is 164 cm³/mol. The maximum absolute atomic E-state index is 11.3. The summed E-state index contributed by atoms with van der Waals surface area (Å²) in [6.45, 7) is 13.8. The summed E-state index contributed by atoms with van der Waals surface area (Å²) in [5.41, 5.74) is 8.78. The number of aromatic hydroxyl groups is 2. The number of phenolic OH excluding ortho intramolecular Hbond substituents is 2. The molecule has 0 bridgehead atoms. The molecular weight excluding hydrogens is 492 g/mol. The molecule has 4 aromatic rings. The standard InChI is InChI=1S/C36H42N2O2/c1-25-19-31(35(39)33(21-25)27(3)29-11-7-5-8-12-29)23-37-15-17-38(18-16-37)24-32-20-26(2)22-34(36(32)40)28(4)30-13-9-6-10-14-30/h5-14,19-22,27-28,39-40H,15-18,23-24H2,1-4H3. The Hall–Kier alpha value is -3.60. The molecule has 0 radical (unpaired) electrons. The summed E-state index contributed by atoms with van der Waals surface area (Å²) in [6.07, 6.45) is 0. The second-order valence-electron chi connectivity index (χ2n) is 11.5. The Balaban J connectivity index is 1.25. The SMILES string of the molecule is Cc1cc(CN2CCN(Cc3cc(C)cc(C(C)c4ccccc4)c3O)CC2)c(O)c(C(C)c2ccccc2)c1. The number of hydrogen-bond donors (Lipinski definition) is 2. The van der Waals surface area contributed by atoms with Crippen molar-refractivity contribution in [2.24, 2.45) is 0 Å². The summed E-state index contributed by atoms with van der Waals surface area (Å²) in [5, 5.41) is 22.5. The molecule has 0 spiro atoms. The quantitative estimate of drug-likeness (QED) is 0.248. The van der Waals surface area contributed by atoms with Crippen LogP contribution in [0.5, 0.6) is 11.5 Å². The molecular formula is C36H42N2O2. The van der Waals surface area contributed by atoms with Crippen LogP contribution < -0.4 is 0 Å². The van der Waals surface area contributed by atoms with Crippen molar-refractivity contribution in [3.8, 4) is 11.5 Å². The fraction of sp³-hybridized carbons (Fsp3) is 0.333. The van der Waals surface area contributed by atoms with E-state index in [0.717, 1.165) is 61.5 Å². The lowest BCUT2D eigenvalue weighted by molar-refractivity contribution is 0.120. The van der Waals surface area contributed by atoms with Crippen molar-refractivity contribution in [1.82, 2.24) is 9.80 Å². The molecule has 1 saturated heterocycles. The number of piperazine rings is 1. The van der Waals surface area contributed by atoms with Crippen LogP contribution in [0, 0.1) is 13.8 Å². The molecule has 2 unspecified atom stereocenters. The predicted octanol–water partition coefficient (Wildman–Crippen LogP) is 7.34. The van der Waals surface area contributed by atoms with Gasteiger partial charge in [-0.15, -0.1) is 0 Å². The Morgan fingerprint density at radius 1 is 0.575 bits per heavy atom. The molecule has 0 aliphatic carbocycles. The molecule has 40 heavy (non-hydrogen) atoms. The highest BCUT2D eigenvalue weighted by molar-refractivity contribution is 5.49. The van der Waals surface area contributed by atoms with Crippen LogP contribution in [0.3, 0.4) is 0 Å². The number of hydrogen-bond acceptors (Lipinski definition) is 4. The van der Waals surface area contributed by atoms with Gasteiger partial charge in [0.25, 0.3) is 0 Å². The van der Waals surface area contributed by atoms with E-state index >= 15 is 0 Å². The van der Waals surface area contributed by atoms with E-state index in [1.165, 1.54) is 22.3 Å². The maximum Gasteiger partial charge on any atom is 0.123 e. The number of aryl methyl sites for hydroxylation is 2. The van der Waals surface area contributed by atoms with Gasteiger partial charge in [0.05, 0.1) is 0 Å². The molecule has 2 atom stereocenters. The first kappa shape index (κ1) is 27.9. The van der Waals surface area contributed by atoms with Gasteiger partial charge in [0.2, 0.25) is 0 Å². The minimum atomic E-state index is 0.133. The van der Waals surface area contributed by atoms with E-state index in [0.29, 0.717) is 11.5 Å². The van der Waals surface area contributed by atoms with Crippen LogP contribution >= 0.6 is 0 Å².